The molecule has 0 radical (unpaired) electrons. The van der Waals surface area contributed by atoms with E-state index in [-0.39, 0.29) is 6.04 Å². The molecule has 1 unspecified atom stereocenters. The molecular formula is C15H20N2O3. The largest absolute Gasteiger partial charge is 0.493 e. The molecule has 108 valence electrons. The highest BCUT2D eigenvalue weighted by Gasteiger charge is 2.09. The van der Waals surface area contributed by atoms with Crippen LogP contribution in [-0.4, -0.2) is 18.3 Å². The predicted octanol–water partition coefficient (Wildman–Crippen LogP) is 2.46. The molecule has 0 saturated heterocycles. The van der Waals surface area contributed by atoms with Crippen molar-refractivity contribution in [1.82, 2.24) is 5.16 Å². The first-order valence-electron chi connectivity index (χ1n) is 6.56. The second-order valence-electron chi connectivity index (χ2n) is 4.88. The average molecular weight is 276 g/mol. The molecule has 1 aromatic carbocycles. The highest BCUT2D eigenvalue weighted by atomic mass is 16.5. The molecule has 0 aliphatic rings. The van der Waals surface area contributed by atoms with Crippen LogP contribution < -0.4 is 15.2 Å². The van der Waals surface area contributed by atoms with Gasteiger partial charge in [0.05, 0.1) is 7.11 Å². The maximum Gasteiger partial charge on any atom is 0.162 e. The van der Waals surface area contributed by atoms with Crippen molar-refractivity contribution in [2.24, 2.45) is 5.73 Å². The second-order valence-corrected chi connectivity index (χ2v) is 4.88. The summed E-state index contributed by atoms with van der Waals surface area (Å²) in [6, 6.07) is 7.79. The van der Waals surface area contributed by atoms with Gasteiger partial charge in [0.2, 0.25) is 0 Å². The van der Waals surface area contributed by atoms with E-state index in [0.717, 1.165) is 23.4 Å². The van der Waals surface area contributed by atoms with Crippen molar-refractivity contribution in [1.29, 1.82) is 0 Å². The van der Waals surface area contributed by atoms with Gasteiger partial charge in [-0.15, -0.1) is 0 Å². The molecule has 0 spiro atoms. The molecule has 1 atom stereocenters. The Morgan fingerprint density at radius 1 is 1.30 bits per heavy atom. The normalized spacial score (nSPS) is 12.2. The van der Waals surface area contributed by atoms with Gasteiger partial charge in [-0.25, -0.2) is 0 Å². The Labute approximate surface area is 118 Å². The molecule has 5 heteroatoms. The standard InChI is InChI=1S/C15H20N2O3/c1-10(16)6-12-4-5-14(18-3)15(8-12)19-9-13-7-11(2)20-17-13/h4-5,7-8,10H,6,9,16H2,1-3H3. The third-order valence-electron chi connectivity index (χ3n) is 2.84. The van der Waals surface area contributed by atoms with Gasteiger partial charge in [0.1, 0.15) is 18.1 Å². The van der Waals surface area contributed by atoms with E-state index in [1.165, 1.54) is 0 Å². The van der Waals surface area contributed by atoms with Crippen molar-refractivity contribution in [3.8, 4) is 11.5 Å². The van der Waals surface area contributed by atoms with Crippen LogP contribution in [0.2, 0.25) is 0 Å². The monoisotopic (exact) mass is 276 g/mol. The molecule has 20 heavy (non-hydrogen) atoms. The summed E-state index contributed by atoms with van der Waals surface area (Å²) >= 11 is 0. The highest BCUT2D eigenvalue weighted by Crippen LogP contribution is 2.29. The van der Waals surface area contributed by atoms with E-state index in [1.54, 1.807) is 7.11 Å². The van der Waals surface area contributed by atoms with Crippen molar-refractivity contribution in [3.05, 3.63) is 41.3 Å². The number of ether oxygens (including phenoxy) is 2. The summed E-state index contributed by atoms with van der Waals surface area (Å²) in [5.74, 6) is 2.14. The maximum atomic E-state index is 5.82. The molecule has 1 heterocycles. The molecule has 2 N–H and O–H groups in total. The van der Waals surface area contributed by atoms with Gasteiger partial charge in [-0.05, 0) is 38.0 Å². The number of hydrogen-bond donors (Lipinski definition) is 1. The van der Waals surface area contributed by atoms with Crippen LogP contribution in [0.4, 0.5) is 0 Å². The first kappa shape index (κ1) is 14.4. The summed E-state index contributed by atoms with van der Waals surface area (Å²) in [6.45, 7) is 4.17. The van der Waals surface area contributed by atoms with E-state index in [2.05, 4.69) is 5.16 Å². The Morgan fingerprint density at radius 2 is 2.10 bits per heavy atom. The van der Waals surface area contributed by atoms with Gasteiger partial charge in [0, 0.05) is 12.1 Å². The van der Waals surface area contributed by atoms with Crippen LogP contribution in [0.25, 0.3) is 0 Å². The zero-order chi connectivity index (χ0) is 14.5. The van der Waals surface area contributed by atoms with Gasteiger partial charge in [0.15, 0.2) is 11.5 Å². The van der Waals surface area contributed by atoms with E-state index in [1.807, 2.05) is 38.1 Å². The lowest BCUT2D eigenvalue weighted by atomic mass is 10.1. The van der Waals surface area contributed by atoms with Gasteiger partial charge in [-0.3, -0.25) is 0 Å². The molecule has 2 aromatic rings. The van der Waals surface area contributed by atoms with Crippen LogP contribution >= 0.6 is 0 Å². The van der Waals surface area contributed by atoms with Crippen LogP contribution in [0.15, 0.2) is 28.8 Å². The minimum absolute atomic E-state index is 0.106. The summed E-state index contributed by atoms with van der Waals surface area (Å²) in [5, 5.41) is 3.90. The number of methoxy groups -OCH3 is 1. The van der Waals surface area contributed by atoms with Crippen LogP contribution in [0, 0.1) is 6.92 Å². The molecule has 5 nitrogen and oxygen atoms in total. The van der Waals surface area contributed by atoms with Crippen molar-refractivity contribution in [2.75, 3.05) is 7.11 Å². The molecule has 1 aromatic heterocycles. The zero-order valence-corrected chi connectivity index (χ0v) is 12.1. The fourth-order valence-corrected chi connectivity index (χ4v) is 1.97. The Kier molecular flexibility index (Phi) is 4.63. The second kappa shape index (κ2) is 6.43. The quantitative estimate of drug-likeness (QED) is 0.877. The van der Waals surface area contributed by atoms with Gasteiger partial charge < -0.3 is 19.7 Å². The predicted molar refractivity (Wildman–Crippen MR) is 75.9 cm³/mol. The Morgan fingerprint density at radius 3 is 2.70 bits per heavy atom. The Balaban J connectivity index is 2.11. The number of benzene rings is 1. The lowest BCUT2D eigenvalue weighted by molar-refractivity contribution is 0.271. The van der Waals surface area contributed by atoms with Crippen molar-refractivity contribution >= 4 is 0 Å². The fourth-order valence-electron chi connectivity index (χ4n) is 1.97. The first-order chi connectivity index (χ1) is 9.58. The summed E-state index contributed by atoms with van der Waals surface area (Å²) < 4.78 is 16.1. The fraction of sp³-hybridized carbons (Fsp3) is 0.400. The number of aromatic nitrogens is 1. The molecule has 2 rings (SSSR count). The van der Waals surface area contributed by atoms with Crippen LogP contribution in [0.5, 0.6) is 11.5 Å². The summed E-state index contributed by atoms with van der Waals surface area (Å²) in [4.78, 5) is 0. The smallest absolute Gasteiger partial charge is 0.162 e. The van der Waals surface area contributed by atoms with Crippen LogP contribution in [-0.2, 0) is 13.0 Å². The van der Waals surface area contributed by atoms with E-state index in [0.29, 0.717) is 18.1 Å². The number of nitrogens with zero attached hydrogens (tertiary/aromatic N) is 1. The van der Waals surface area contributed by atoms with E-state index < -0.39 is 0 Å². The van der Waals surface area contributed by atoms with Crippen molar-refractivity contribution < 1.29 is 14.0 Å². The van der Waals surface area contributed by atoms with Crippen molar-refractivity contribution in [3.63, 3.8) is 0 Å². The van der Waals surface area contributed by atoms with E-state index >= 15 is 0 Å². The van der Waals surface area contributed by atoms with Gasteiger partial charge in [0.25, 0.3) is 0 Å². The molecule has 0 fully saturated rings. The van der Waals surface area contributed by atoms with Gasteiger partial charge >= 0.3 is 0 Å². The minimum atomic E-state index is 0.106. The molecular weight excluding hydrogens is 256 g/mol. The topological polar surface area (TPSA) is 70.5 Å². The molecule has 0 bridgehead atoms. The lowest BCUT2D eigenvalue weighted by Gasteiger charge is -2.12. The van der Waals surface area contributed by atoms with E-state index in [9.17, 15) is 0 Å². The van der Waals surface area contributed by atoms with E-state index in [4.69, 9.17) is 19.7 Å². The average Bonchev–Trinajstić information content (AvgIpc) is 2.82. The third kappa shape index (κ3) is 3.74. The lowest BCUT2D eigenvalue weighted by Crippen LogP contribution is -2.17. The highest BCUT2D eigenvalue weighted by molar-refractivity contribution is 5.43. The first-order valence-corrected chi connectivity index (χ1v) is 6.56. The summed E-state index contributed by atoms with van der Waals surface area (Å²) in [7, 11) is 1.62. The summed E-state index contributed by atoms with van der Waals surface area (Å²) in [6.07, 6.45) is 0.795. The number of hydrogen-bond acceptors (Lipinski definition) is 5. The van der Waals surface area contributed by atoms with Gasteiger partial charge in [-0.1, -0.05) is 11.2 Å². The van der Waals surface area contributed by atoms with Crippen molar-refractivity contribution in [2.45, 2.75) is 32.9 Å². The molecule has 0 saturated carbocycles. The number of nitrogens with two attached hydrogens (primary N) is 1. The molecule has 0 aliphatic heterocycles. The van der Waals surface area contributed by atoms with Crippen LogP contribution in [0.3, 0.4) is 0 Å². The summed E-state index contributed by atoms with van der Waals surface area (Å²) in [5.41, 5.74) is 7.69. The number of aryl methyl sites for hydroxylation is 1. The van der Waals surface area contributed by atoms with Crippen LogP contribution in [0.1, 0.15) is 23.9 Å². The third-order valence-corrected chi connectivity index (χ3v) is 2.84. The SMILES string of the molecule is COc1ccc(CC(C)N)cc1OCc1cc(C)on1. The molecule has 0 amide bonds. The maximum absolute atomic E-state index is 5.82. The zero-order valence-electron chi connectivity index (χ0n) is 12.1. The molecule has 0 aliphatic carbocycles. The minimum Gasteiger partial charge on any atom is -0.493 e. The number of rotatable bonds is 6. The Bertz CT molecular complexity index is 564. The van der Waals surface area contributed by atoms with Gasteiger partial charge in [-0.2, -0.15) is 0 Å². The Hall–Kier alpha value is -2.01.